The number of unbranched alkanes of at least 4 members (excludes halogenated alkanes) is 1. The lowest BCUT2D eigenvalue weighted by Gasteiger charge is -2.26. The number of nitrogens with zero attached hydrogens (tertiary/aromatic N) is 1. The number of aromatic amines is 3. The fraction of sp³-hybridized carbons (Fsp3) is 0.473. The summed E-state index contributed by atoms with van der Waals surface area (Å²) >= 11 is 0. The van der Waals surface area contributed by atoms with Crippen LogP contribution in [0.3, 0.4) is 0 Å². The van der Waals surface area contributed by atoms with E-state index < -0.39 is 114 Å². The Kier molecular flexibility index (Phi) is 22.7. The summed E-state index contributed by atoms with van der Waals surface area (Å²) in [7, 11) is 0. The molecule has 25 nitrogen and oxygen atoms in total. The molecule has 0 saturated heterocycles. The third-order valence-corrected chi connectivity index (χ3v) is 12.8. The first-order valence-corrected chi connectivity index (χ1v) is 26.6. The van der Waals surface area contributed by atoms with Crippen molar-refractivity contribution in [1.29, 1.82) is 0 Å². The molecule has 0 saturated carbocycles. The lowest BCUT2D eigenvalue weighted by atomic mass is 10.0. The van der Waals surface area contributed by atoms with Gasteiger partial charge >= 0.3 is 6.09 Å². The van der Waals surface area contributed by atoms with Crippen LogP contribution in [0.4, 0.5) is 4.79 Å². The third kappa shape index (κ3) is 19.3. The van der Waals surface area contributed by atoms with Gasteiger partial charge in [0, 0.05) is 71.8 Å². The molecule has 3 aromatic heterocycles. The Morgan fingerprint density at radius 2 is 1.12 bits per heavy atom. The van der Waals surface area contributed by atoms with Crippen molar-refractivity contribution in [1.82, 2.24) is 62.5 Å². The number of hydrogen-bond donors (Lipinski definition) is 13. The minimum Gasteiger partial charge on any atom is -0.444 e. The molecule has 0 fully saturated rings. The number of hydrogen-bond acceptors (Lipinski definition) is 12. The van der Waals surface area contributed by atoms with Crippen molar-refractivity contribution in [3.05, 3.63) is 90.3 Å². The highest BCUT2D eigenvalue weighted by atomic mass is 16.6. The van der Waals surface area contributed by atoms with E-state index in [-0.39, 0.29) is 44.4 Å². The van der Waals surface area contributed by atoms with Gasteiger partial charge in [-0.2, -0.15) is 0 Å². The minimum absolute atomic E-state index is 0.0851. The molecule has 5 aromatic rings. The second-order valence-corrected chi connectivity index (χ2v) is 21.1. The van der Waals surface area contributed by atoms with Gasteiger partial charge in [-0.1, -0.05) is 70.0 Å². The maximum Gasteiger partial charge on any atom is 0.408 e. The molecular weight excluding hydrogens is 1030 g/mol. The number of benzene rings is 2. The van der Waals surface area contributed by atoms with Gasteiger partial charge in [0.05, 0.1) is 12.9 Å². The second-order valence-electron chi connectivity index (χ2n) is 21.1. The molecule has 10 amide bonds. The summed E-state index contributed by atoms with van der Waals surface area (Å²) in [6, 6.07) is 5.68. The van der Waals surface area contributed by atoms with Crippen molar-refractivity contribution in [2.45, 2.75) is 154 Å². The molecule has 0 aliphatic carbocycles. The number of fused-ring (bicyclic) bond motifs is 2. The number of carbonyl (C=O) groups excluding carboxylic acids is 10. The number of primary amides is 2. The Morgan fingerprint density at radius 1 is 0.600 bits per heavy atom. The van der Waals surface area contributed by atoms with E-state index in [4.69, 9.17) is 16.2 Å². The number of para-hydroxylation sites is 2. The average Bonchev–Trinajstić information content (AvgIpc) is 4.17. The van der Waals surface area contributed by atoms with Gasteiger partial charge in [0.15, 0.2) is 0 Å². The standard InChI is InChI=1S/C55H76N14O11/c1-8-9-16-39(47(57)72)65-52(77)41(21-30(2)3)67-53(78)44(24-34-27-58-29-62-34)64-46(71)28-61-49(74)42(22-32-25-59-37-17-12-10-14-35(32)37)66-48(73)31(4)63-51(76)43(23-33-26-60-38-18-13-11-15-36(33)38)68-50(75)40(19-20-45(56)70)69-54(79)80-55(5,6)7/h10-15,17-18,25-27,29-31,39-44,59-60H,8-9,16,19-24,28H2,1-7H3,(H2,56,70)(H2,57,72)(H,58,62)(H,61,74)(H,63,76)(H,64,71)(H,65,77)(H,66,73)(H,67,78)(H,68,75)(H,69,79)/t31-,39-,40+,41-,42+,43-,44+/m0/s1. The zero-order valence-electron chi connectivity index (χ0n) is 46.2. The van der Waals surface area contributed by atoms with Gasteiger partial charge in [0.1, 0.15) is 47.9 Å². The van der Waals surface area contributed by atoms with E-state index in [0.29, 0.717) is 29.7 Å². The van der Waals surface area contributed by atoms with Crippen LogP contribution in [0.2, 0.25) is 0 Å². The molecule has 2 aromatic carbocycles. The Bertz CT molecular complexity index is 2960. The zero-order valence-corrected chi connectivity index (χ0v) is 46.2. The molecule has 3 heterocycles. The predicted octanol–water partition coefficient (Wildman–Crippen LogP) is 1.33. The number of nitrogens with two attached hydrogens (primary N) is 2. The summed E-state index contributed by atoms with van der Waals surface area (Å²) in [4.78, 5) is 148. The largest absolute Gasteiger partial charge is 0.444 e. The van der Waals surface area contributed by atoms with Gasteiger partial charge in [-0.15, -0.1) is 0 Å². The molecule has 15 N–H and O–H groups in total. The van der Waals surface area contributed by atoms with Crippen LogP contribution in [-0.4, -0.2) is 134 Å². The zero-order chi connectivity index (χ0) is 58.7. The Labute approximate surface area is 463 Å². The van der Waals surface area contributed by atoms with Crippen LogP contribution >= 0.6 is 0 Å². The number of aromatic nitrogens is 4. The quantitative estimate of drug-likeness (QED) is 0.0310. The maximum atomic E-state index is 14.3. The lowest BCUT2D eigenvalue weighted by Crippen LogP contribution is -2.59. The number of alkyl carbamates (subject to hydrolysis) is 1. The van der Waals surface area contributed by atoms with Gasteiger partial charge in [0.25, 0.3) is 0 Å². The number of ether oxygens (including phenoxy) is 1. The number of carbonyl (C=O) groups is 10. The Balaban J connectivity index is 1.34. The van der Waals surface area contributed by atoms with E-state index in [2.05, 4.69) is 62.5 Å². The number of nitrogens with one attached hydrogen (secondary N) is 11. The SMILES string of the molecule is CCCC[C@H](NC(=O)[C@H](CC(C)C)NC(=O)[C@@H](Cc1cnc[nH]1)NC(=O)CNC(=O)[C@@H](Cc1c[nH]c2ccccc12)NC(=O)[C@H](C)NC(=O)[C@H](Cc1c[nH]c2ccccc12)NC(=O)[C@@H](CCC(N)=O)NC(=O)OC(C)(C)C)C(N)=O. The van der Waals surface area contributed by atoms with E-state index in [1.54, 1.807) is 45.3 Å². The molecule has 0 aliphatic rings. The van der Waals surface area contributed by atoms with Gasteiger partial charge in [-0.05, 0) is 76.1 Å². The van der Waals surface area contributed by atoms with Crippen LogP contribution in [0.15, 0.2) is 73.4 Å². The highest BCUT2D eigenvalue weighted by Crippen LogP contribution is 2.21. The van der Waals surface area contributed by atoms with Crippen LogP contribution < -0.4 is 54.0 Å². The lowest BCUT2D eigenvalue weighted by molar-refractivity contribution is -0.134. The monoisotopic (exact) mass is 1110 g/mol. The van der Waals surface area contributed by atoms with Crippen LogP contribution in [0.25, 0.3) is 21.8 Å². The van der Waals surface area contributed by atoms with Gasteiger partial charge < -0.3 is 73.7 Å². The molecule has 432 valence electrons. The van der Waals surface area contributed by atoms with E-state index in [9.17, 15) is 47.9 Å². The summed E-state index contributed by atoms with van der Waals surface area (Å²) < 4.78 is 5.35. The van der Waals surface area contributed by atoms with Crippen LogP contribution in [0.1, 0.15) is 104 Å². The fourth-order valence-corrected chi connectivity index (χ4v) is 8.72. The van der Waals surface area contributed by atoms with Gasteiger partial charge in [0.2, 0.25) is 53.2 Å². The molecule has 0 bridgehead atoms. The fourth-order valence-electron chi connectivity index (χ4n) is 8.72. The van der Waals surface area contributed by atoms with Gasteiger partial charge in [-0.3, -0.25) is 43.2 Å². The highest BCUT2D eigenvalue weighted by molar-refractivity contribution is 5.98. The van der Waals surface area contributed by atoms with E-state index in [0.717, 1.165) is 28.2 Å². The van der Waals surface area contributed by atoms with Crippen molar-refractivity contribution in [2.75, 3.05) is 6.54 Å². The molecule has 25 heteroatoms. The maximum absolute atomic E-state index is 14.3. The topological polar surface area (TPSA) is 388 Å². The minimum atomic E-state index is -1.38. The summed E-state index contributed by atoms with van der Waals surface area (Å²) in [5.41, 5.74) is 13.2. The first-order valence-electron chi connectivity index (χ1n) is 26.6. The summed E-state index contributed by atoms with van der Waals surface area (Å²) in [5, 5.41) is 22.5. The van der Waals surface area contributed by atoms with E-state index >= 15 is 0 Å². The second kappa shape index (κ2) is 29.3. The predicted molar refractivity (Wildman–Crippen MR) is 296 cm³/mol. The van der Waals surface area contributed by atoms with Crippen molar-refractivity contribution in [3.8, 4) is 0 Å². The van der Waals surface area contributed by atoms with Crippen molar-refractivity contribution < 1.29 is 52.7 Å². The van der Waals surface area contributed by atoms with E-state index in [1.165, 1.54) is 19.4 Å². The first-order chi connectivity index (χ1) is 37.9. The number of H-pyrrole nitrogens is 3. The van der Waals surface area contributed by atoms with Gasteiger partial charge in [-0.25, -0.2) is 9.78 Å². The third-order valence-electron chi connectivity index (χ3n) is 12.8. The number of rotatable bonds is 30. The summed E-state index contributed by atoms with van der Waals surface area (Å²) in [5.74, 6) is -7.03. The summed E-state index contributed by atoms with van der Waals surface area (Å²) in [6.45, 7) is 11.2. The van der Waals surface area contributed by atoms with Crippen LogP contribution in [0.5, 0.6) is 0 Å². The molecule has 80 heavy (non-hydrogen) atoms. The van der Waals surface area contributed by atoms with E-state index in [1.807, 2.05) is 57.2 Å². The molecule has 0 aliphatic heterocycles. The average molecular weight is 1110 g/mol. The smallest absolute Gasteiger partial charge is 0.408 e. The van der Waals surface area contributed by atoms with Crippen LogP contribution in [-0.2, 0) is 67.2 Å². The molecule has 5 rings (SSSR count). The first kappa shape index (κ1) is 62.1. The molecule has 0 radical (unpaired) electrons. The van der Waals surface area contributed by atoms with Crippen molar-refractivity contribution >= 4 is 81.1 Å². The number of amides is 10. The Morgan fingerprint density at radius 3 is 1.68 bits per heavy atom. The molecule has 0 unspecified atom stereocenters. The highest BCUT2D eigenvalue weighted by Gasteiger charge is 2.34. The number of imidazole rings is 1. The molecule has 0 spiro atoms. The molecular formula is C55H76N14O11. The molecule has 7 atom stereocenters. The van der Waals surface area contributed by atoms with Crippen molar-refractivity contribution in [3.63, 3.8) is 0 Å². The Hall–Kier alpha value is -8.77. The normalized spacial score (nSPS) is 14.1. The summed E-state index contributed by atoms with van der Waals surface area (Å²) in [6.07, 6.45) is 6.26. The van der Waals surface area contributed by atoms with Crippen LogP contribution in [0, 0.1) is 5.92 Å². The van der Waals surface area contributed by atoms with Crippen molar-refractivity contribution in [2.24, 2.45) is 17.4 Å².